The molecule has 0 aliphatic heterocycles. The summed E-state index contributed by atoms with van der Waals surface area (Å²) >= 11 is 0. The number of halogens is 6. The number of aliphatic carboxylic acids is 1. The molecule has 0 bridgehead atoms. The summed E-state index contributed by atoms with van der Waals surface area (Å²) in [6, 6.07) is 6.90. The van der Waals surface area contributed by atoms with Gasteiger partial charge in [0.15, 0.2) is 0 Å². The molecule has 192 valence electrons. The number of carboxylic acid groups (broad SMARTS) is 1. The van der Waals surface area contributed by atoms with Crippen LogP contribution in [0.3, 0.4) is 0 Å². The molecule has 1 N–H and O–H groups in total. The molecule has 0 saturated carbocycles. The smallest absolute Gasteiger partial charge is 0.416 e. The second-order valence-electron chi connectivity index (χ2n) is 8.21. The van der Waals surface area contributed by atoms with E-state index in [0.29, 0.717) is 10.5 Å². The Balaban J connectivity index is 2.93. The number of benzene rings is 2. The highest BCUT2D eigenvalue weighted by Crippen LogP contribution is 2.45. The molecule has 1 atom stereocenters. The maximum Gasteiger partial charge on any atom is 0.416 e. The molecule has 0 spiro atoms. The minimum absolute atomic E-state index is 0.0832. The zero-order valence-electron chi connectivity index (χ0n) is 19.5. The van der Waals surface area contributed by atoms with Crippen molar-refractivity contribution in [2.24, 2.45) is 0 Å². The number of amides is 1. The van der Waals surface area contributed by atoms with Gasteiger partial charge in [0, 0.05) is 12.5 Å². The Morgan fingerprint density at radius 1 is 1.00 bits per heavy atom. The van der Waals surface area contributed by atoms with Crippen LogP contribution in [0, 0.1) is 0 Å². The van der Waals surface area contributed by atoms with Gasteiger partial charge in [-0.15, -0.1) is 0 Å². The first kappa shape index (κ1) is 28.0. The molecule has 0 radical (unpaired) electrons. The van der Waals surface area contributed by atoms with Crippen molar-refractivity contribution in [3.63, 3.8) is 0 Å². The number of carbonyl (C=O) groups is 2. The molecule has 2 aromatic rings. The van der Waals surface area contributed by atoms with E-state index >= 15 is 0 Å². The highest BCUT2D eigenvalue weighted by atomic mass is 19.4. The summed E-state index contributed by atoms with van der Waals surface area (Å²) in [5.41, 5.74) is -2.51. The third-order valence-electron chi connectivity index (χ3n) is 5.84. The Morgan fingerprint density at radius 3 is 2.09 bits per heavy atom. The molecule has 0 heterocycles. The van der Waals surface area contributed by atoms with E-state index < -0.39 is 48.3 Å². The first-order valence-corrected chi connectivity index (χ1v) is 10.5. The van der Waals surface area contributed by atoms with Gasteiger partial charge in [-0.1, -0.05) is 19.1 Å². The quantitative estimate of drug-likeness (QED) is 0.444. The summed E-state index contributed by atoms with van der Waals surface area (Å²) in [6.45, 7) is 1.99. The molecule has 5 nitrogen and oxygen atoms in total. The topological polar surface area (TPSA) is 66.8 Å². The number of hydrogen-bond acceptors (Lipinski definition) is 3. The Hall–Kier alpha value is -3.24. The number of carbonyl (C=O) groups excluding carboxylic acids is 1. The third kappa shape index (κ3) is 6.46. The normalized spacial score (nSPS) is 13.8. The SMILES string of the molecule is CCC(C)(c1cc(C(F)(F)F)ccc1-c1cc(CC(=O)O)ccc1OC)N(CC(F)(F)F)C(C)=O. The van der Waals surface area contributed by atoms with Crippen LogP contribution in [0.25, 0.3) is 11.1 Å². The number of ether oxygens (including phenoxy) is 1. The summed E-state index contributed by atoms with van der Waals surface area (Å²) < 4.78 is 86.4. The summed E-state index contributed by atoms with van der Waals surface area (Å²) in [7, 11) is 1.30. The molecule has 0 aromatic heterocycles. The van der Waals surface area contributed by atoms with Crippen molar-refractivity contribution in [2.75, 3.05) is 13.7 Å². The standard InChI is InChI=1S/C24H25F6NO4/c1-5-22(3,31(14(2)32)13-23(25,26)27)19-12-16(24(28,29)30)7-8-17(19)18-10-15(11-21(33)34)6-9-20(18)35-4/h6-10,12H,5,11,13H2,1-4H3,(H,33,34). The van der Waals surface area contributed by atoms with Gasteiger partial charge < -0.3 is 14.7 Å². The molecule has 35 heavy (non-hydrogen) atoms. The predicted octanol–water partition coefficient (Wildman–Crippen LogP) is 6.04. The van der Waals surface area contributed by atoms with E-state index in [2.05, 4.69) is 0 Å². The van der Waals surface area contributed by atoms with Crippen molar-refractivity contribution in [3.05, 3.63) is 53.1 Å². The fraction of sp³-hybridized carbons (Fsp3) is 0.417. The molecule has 0 aliphatic rings. The lowest BCUT2D eigenvalue weighted by molar-refractivity contribution is -0.172. The number of rotatable bonds is 8. The van der Waals surface area contributed by atoms with Gasteiger partial charge in [0.05, 0.1) is 24.6 Å². The number of alkyl halides is 6. The Labute approximate surface area is 198 Å². The van der Waals surface area contributed by atoms with E-state index in [1.807, 2.05) is 0 Å². The van der Waals surface area contributed by atoms with Gasteiger partial charge in [0.25, 0.3) is 0 Å². The summed E-state index contributed by atoms with van der Waals surface area (Å²) in [6.07, 6.45) is -10.1. The molecule has 0 aliphatic carbocycles. The predicted molar refractivity (Wildman–Crippen MR) is 116 cm³/mol. The van der Waals surface area contributed by atoms with Crippen molar-refractivity contribution in [2.45, 2.75) is 51.5 Å². The lowest BCUT2D eigenvalue weighted by Gasteiger charge is -2.42. The van der Waals surface area contributed by atoms with Gasteiger partial charge in [-0.3, -0.25) is 9.59 Å². The van der Waals surface area contributed by atoms with E-state index in [-0.39, 0.29) is 28.9 Å². The van der Waals surface area contributed by atoms with Gasteiger partial charge >= 0.3 is 18.3 Å². The minimum atomic E-state index is -4.80. The van der Waals surface area contributed by atoms with E-state index in [1.165, 1.54) is 39.2 Å². The van der Waals surface area contributed by atoms with Crippen LogP contribution in [-0.2, 0) is 27.7 Å². The van der Waals surface area contributed by atoms with Crippen LogP contribution in [0.1, 0.15) is 43.9 Å². The Bertz CT molecular complexity index is 1100. The van der Waals surface area contributed by atoms with E-state index in [9.17, 15) is 35.9 Å². The highest BCUT2D eigenvalue weighted by molar-refractivity contribution is 5.80. The van der Waals surface area contributed by atoms with Crippen molar-refractivity contribution < 1.29 is 45.8 Å². The summed E-state index contributed by atoms with van der Waals surface area (Å²) in [5, 5.41) is 9.14. The first-order chi connectivity index (χ1) is 16.0. The largest absolute Gasteiger partial charge is 0.496 e. The molecule has 1 unspecified atom stereocenters. The third-order valence-corrected chi connectivity index (χ3v) is 5.84. The van der Waals surface area contributed by atoms with Crippen molar-refractivity contribution in [3.8, 4) is 16.9 Å². The second-order valence-corrected chi connectivity index (χ2v) is 8.21. The van der Waals surface area contributed by atoms with E-state index in [0.717, 1.165) is 25.1 Å². The monoisotopic (exact) mass is 505 g/mol. The number of hydrogen-bond donors (Lipinski definition) is 1. The van der Waals surface area contributed by atoms with Crippen LogP contribution in [0.2, 0.25) is 0 Å². The van der Waals surface area contributed by atoms with Gasteiger partial charge in [0.1, 0.15) is 12.3 Å². The Morgan fingerprint density at radius 2 is 1.63 bits per heavy atom. The van der Waals surface area contributed by atoms with E-state index in [1.54, 1.807) is 0 Å². The molecule has 0 saturated heterocycles. The molecule has 1 amide bonds. The second kappa shape index (κ2) is 10.2. The van der Waals surface area contributed by atoms with Gasteiger partial charge in [-0.2, -0.15) is 26.3 Å². The molecular weight excluding hydrogens is 480 g/mol. The minimum Gasteiger partial charge on any atom is -0.496 e. The van der Waals surface area contributed by atoms with Gasteiger partial charge in [0.2, 0.25) is 5.91 Å². The highest BCUT2D eigenvalue weighted by Gasteiger charge is 2.44. The average molecular weight is 505 g/mol. The fourth-order valence-electron chi connectivity index (χ4n) is 3.99. The molecule has 2 aromatic carbocycles. The van der Waals surface area contributed by atoms with Crippen molar-refractivity contribution >= 4 is 11.9 Å². The summed E-state index contributed by atoms with van der Waals surface area (Å²) in [5.74, 6) is -1.95. The summed E-state index contributed by atoms with van der Waals surface area (Å²) in [4.78, 5) is 24.0. The lowest BCUT2D eigenvalue weighted by atomic mass is 9.80. The van der Waals surface area contributed by atoms with Crippen LogP contribution >= 0.6 is 0 Å². The zero-order valence-corrected chi connectivity index (χ0v) is 19.5. The zero-order chi connectivity index (χ0) is 26.8. The fourth-order valence-corrected chi connectivity index (χ4v) is 3.99. The first-order valence-electron chi connectivity index (χ1n) is 10.5. The maximum atomic E-state index is 13.6. The average Bonchev–Trinajstić information content (AvgIpc) is 2.74. The Kier molecular flexibility index (Phi) is 8.14. The van der Waals surface area contributed by atoms with Crippen LogP contribution in [0.5, 0.6) is 5.75 Å². The van der Waals surface area contributed by atoms with Crippen LogP contribution < -0.4 is 4.74 Å². The van der Waals surface area contributed by atoms with E-state index in [4.69, 9.17) is 9.84 Å². The number of methoxy groups -OCH3 is 1. The molecule has 0 fully saturated rings. The van der Waals surface area contributed by atoms with Crippen molar-refractivity contribution in [1.29, 1.82) is 0 Å². The lowest BCUT2D eigenvalue weighted by Crippen LogP contribution is -2.50. The van der Waals surface area contributed by atoms with Crippen LogP contribution in [-0.4, -0.2) is 41.7 Å². The van der Waals surface area contributed by atoms with Gasteiger partial charge in [-0.05, 0) is 54.3 Å². The maximum absolute atomic E-state index is 13.6. The van der Waals surface area contributed by atoms with Gasteiger partial charge in [-0.25, -0.2) is 0 Å². The molecule has 11 heteroatoms. The molecular formula is C24H25F6NO4. The van der Waals surface area contributed by atoms with Crippen molar-refractivity contribution in [1.82, 2.24) is 4.90 Å². The molecule has 2 rings (SSSR count). The number of carboxylic acids is 1. The van der Waals surface area contributed by atoms with Crippen LogP contribution in [0.15, 0.2) is 36.4 Å². The number of nitrogens with zero attached hydrogens (tertiary/aromatic N) is 1. The van der Waals surface area contributed by atoms with Crippen LogP contribution in [0.4, 0.5) is 26.3 Å².